The number of imidazole rings is 1. The van der Waals surface area contributed by atoms with E-state index in [9.17, 15) is 0 Å². The van der Waals surface area contributed by atoms with Gasteiger partial charge in [-0.1, -0.05) is 34.1 Å². The molecule has 1 aromatic heterocycles. The van der Waals surface area contributed by atoms with Crippen LogP contribution in [-0.2, 0) is 13.6 Å². The van der Waals surface area contributed by atoms with Crippen LogP contribution in [0.25, 0.3) is 11.3 Å². The maximum atomic E-state index is 5.35. The zero-order valence-corrected chi connectivity index (χ0v) is 16.0. The van der Waals surface area contributed by atoms with Crippen LogP contribution < -0.4 is 14.8 Å². The van der Waals surface area contributed by atoms with Crippen molar-refractivity contribution in [2.24, 2.45) is 7.05 Å². The van der Waals surface area contributed by atoms with Crippen molar-refractivity contribution in [1.82, 2.24) is 9.55 Å². The van der Waals surface area contributed by atoms with Crippen LogP contribution in [0.15, 0.2) is 53.1 Å². The van der Waals surface area contributed by atoms with Gasteiger partial charge >= 0.3 is 0 Å². The van der Waals surface area contributed by atoms with Crippen molar-refractivity contribution >= 4 is 21.9 Å². The van der Waals surface area contributed by atoms with Gasteiger partial charge in [-0.25, -0.2) is 4.98 Å². The average Bonchev–Trinajstić information content (AvgIpc) is 3.01. The summed E-state index contributed by atoms with van der Waals surface area (Å²) in [7, 11) is 5.27. The first-order valence-electron chi connectivity index (χ1n) is 7.85. The quantitative estimate of drug-likeness (QED) is 0.661. The van der Waals surface area contributed by atoms with Crippen LogP contribution in [0, 0.1) is 0 Å². The fourth-order valence-electron chi connectivity index (χ4n) is 2.63. The number of methoxy groups -OCH3 is 2. The van der Waals surface area contributed by atoms with Gasteiger partial charge in [0.05, 0.1) is 26.1 Å². The molecule has 0 saturated carbocycles. The first-order valence-corrected chi connectivity index (χ1v) is 8.64. The molecule has 25 heavy (non-hydrogen) atoms. The van der Waals surface area contributed by atoms with Crippen molar-refractivity contribution in [2.45, 2.75) is 6.54 Å². The lowest BCUT2D eigenvalue weighted by Crippen LogP contribution is -2.06. The second-order valence-electron chi connectivity index (χ2n) is 5.58. The molecule has 0 unspecified atom stereocenters. The summed E-state index contributed by atoms with van der Waals surface area (Å²) in [5, 5.41) is 3.37. The van der Waals surface area contributed by atoms with Crippen molar-refractivity contribution in [3.63, 3.8) is 0 Å². The molecule has 5 nitrogen and oxygen atoms in total. The largest absolute Gasteiger partial charge is 0.493 e. The summed E-state index contributed by atoms with van der Waals surface area (Å²) in [6, 6.07) is 14.1. The Kier molecular flexibility index (Phi) is 5.28. The molecular weight excluding hydrogens is 382 g/mol. The molecule has 0 aliphatic carbocycles. The summed E-state index contributed by atoms with van der Waals surface area (Å²) in [6.45, 7) is 0.644. The number of hydrogen-bond acceptors (Lipinski definition) is 4. The van der Waals surface area contributed by atoms with Crippen LogP contribution in [-0.4, -0.2) is 23.8 Å². The Labute approximate surface area is 155 Å². The number of benzene rings is 2. The Balaban J connectivity index is 1.75. The van der Waals surface area contributed by atoms with E-state index in [4.69, 9.17) is 9.47 Å². The highest BCUT2D eigenvalue weighted by Crippen LogP contribution is 2.28. The SMILES string of the molecule is COc1ccc(CNc2ncc(-c3ccc(Br)cc3)n2C)cc1OC. The van der Waals surface area contributed by atoms with Gasteiger partial charge in [-0.3, -0.25) is 0 Å². The Hall–Kier alpha value is -2.47. The van der Waals surface area contributed by atoms with Gasteiger partial charge in [-0.2, -0.15) is 0 Å². The Morgan fingerprint density at radius 2 is 1.76 bits per heavy atom. The standard InChI is InChI=1S/C19H20BrN3O2/c1-23-16(14-5-7-15(20)8-6-14)12-22-19(23)21-11-13-4-9-17(24-2)18(10-13)25-3/h4-10,12H,11H2,1-3H3,(H,21,22). The van der Waals surface area contributed by atoms with Crippen molar-refractivity contribution in [3.05, 3.63) is 58.7 Å². The molecule has 6 heteroatoms. The fourth-order valence-corrected chi connectivity index (χ4v) is 2.90. The minimum absolute atomic E-state index is 0.644. The Bertz CT molecular complexity index is 860. The Morgan fingerprint density at radius 1 is 1.04 bits per heavy atom. The number of halogens is 1. The minimum Gasteiger partial charge on any atom is -0.493 e. The summed E-state index contributed by atoms with van der Waals surface area (Å²) in [4.78, 5) is 4.49. The summed E-state index contributed by atoms with van der Waals surface area (Å²) in [5.74, 6) is 2.26. The van der Waals surface area contributed by atoms with E-state index in [-0.39, 0.29) is 0 Å². The summed E-state index contributed by atoms with van der Waals surface area (Å²) in [5.41, 5.74) is 3.27. The Morgan fingerprint density at radius 3 is 2.44 bits per heavy atom. The monoisotopic (exact) mass is 401 g/mol. The van der Waals surface area contributed by atoms with Gasteiger partial charge in [0.1, 0.15) is 0 Å². The third-order valence-corrected chi connectivity index (χ3v) is 4.56. The van der Waals surface area contributed by atoms with Gasteiger partial charge in [-0.15, -0.1) is 0 Å². The lowest BCUT2D eigenvalue weighted by Gasteiger charge is -2.11. The predicted molar refractivity (Wildman–Crippen MR) is 103 cm³/mol. The first-order chi connectivity index (χ1) is 12.1. The number of aromatic nitrogens is 2. The van der Waals surface area contributed by atoms with Gasteiger partial charge in [0.25, 0.3) is 0 Å². The van der Waals surface area contributed by atoms with Crippen LogP contribution in [0.4, 0.5) is 5.95 Å². The molecule has 0 amide bonds. The van der Waals surface area contributed by atoms with E-state index < -0.39 is 0 Å². The first kappa shape index (κ1) is 17.4. The molecule has 0 aliphatic heterocycles. The molecule has 1 heterocycles. The second kappa shape index (κ2) is 7.61. The highest BCUT2D eigenvalue weighted by Gasteiger charge is 2.09. The van der Waals surface area contributed by atoms with Crippen LogP contribution in [0.1, 0.15) is 5.56 Å². The van der Waals surface area contributed by atoms with Gasteiger partial charge in [-0.05, 0) is 35.4 Å². The number of nitrogens with zero attached hydrogens (tertiary/aromatic N) is 2. The van der Waals surface area contributed by atoms with E-state index >= 15 is 0 Å². The fraction of sp³-hybridized carbons (Fsp3) is 0.211. The molecule has 2 aromatic carbocycles. The zero-order chi connectivity index (χ0) is 17.8. The van der Waals surface area contributed by atoms with Crippen molar-refractivity contribution in [1.29, 1.82) is 0 Å². The summed E-state index contributed by atoms with van der Waals surface area (Å²) >= 11 is 3.46. The van der Waals surface area contributed by atoms with E-state index in [1.54, 1.807) is 14.2 Å². The van der Waals surface area contributed by atoms with Gasteiger partial charge < -0.3 is 19.4 Å². The van der Waals surface area contributed by atoms with E-state index in [0.29, 0.717) is 6.54 Å². The molecule has 3 aromatic rings. The summed E-state index contributed by atoms with van der Waals surface area (Å²) < 4.78 is 13.7. The van der Waals surface area contributed by atoms with E-state index in [2.05, 4.69) is 38.4 Å². The molecule has 0 atom stereocenters. The molecule has 0 fully saturated rings. The molecular formula is C19H20BrN3O2. The molecule has 0 bridgehead atoms. The van der Waals surface area contributed by atoms with Crippen LogP contribution in [0.3, 0.4) is 0 Å². The minimum atomic E-state index is 0.644. The van der Waals surface area contributed by atoms with Crippen LogP contribution in [0.5, 0.6) is 11.5 Å². The third-order valence-electron chi connectivity index (χ3n) is 4.03. The maximum absolute atomic E-state index is 5.35. The zero-order valence-electron chi connectivity index (χ0n) is 14.4. The third kappa shape index (κ3) is 3.79. The highest BCUT2D eigenvalue weighted by atomic mass is 79.9. The van der Waals surface area contributed by atoms with Crippen molar-refractivity contribution in [2.75, 3.05) is 19.5 Å². The summed E-state index contributed by atoms with van der Waals surface area (Å²) in [6.07, 6.45) is 1.88. The molecule has 130 valence electrons. The number of hydrogen-bond donors (Lipinski definition) is 1. The average molecular weight is 402 g/mol. The van der Waals surface area contributed by atoms with Crippen LogP contribution in [0.2, 0.25) is 0 Å². The van der Waals surface area contributed by atoms with Gasteiger partial charge in [0, 0.05) is 18.1 Å². The number of ether oxygens (including phenoxy) is 2. The van der Waals surface area contributed by atoms with Gasteiger partial charge in [0.15, 0.2) is 11.5 Å². The highest BCUT2D eigenvalue weighted by molar-refractivity contribution is 9.10. The smallest absolute Gasteiger partial charge is 0.203 e. The molecule has 0 radical (unpaired) electrons. The predicted octanol–water partition coefficient (Wildman–Crippen LogP) is 4.48. The topological polar surface area (TPSA) is 48.3 Å². The molecule has 0 saturated heterocycles. The van der Waals surface area contributed by atoms with E-state index in [1.807, 2.05) is 48.1 Å². The normalized spacial score (nSPS) is 10.6. The van der Waals surface area contributed by atoms with Gasteiger partial charge in [0.2, 0.25) is 5.95 Å². The molecule has 0 spiro atoms. The lowest BCUT2D eigenvalue weighted by molar-refractivity contribution is 0.354. The number of anilines is 1. The molecule has 0 aliphatic rings. The second-order valence-corrected chi connectivity index (χ2v) is 6.49. The van der Waals surface area contributed by atoms with E-state index in [1.165, 1.54) is 0 Å². The van der Waals surface area contributed by atoms with Crippen molar-refractivity contribution in [3.8, 4) is 22.8 Å². The number of nitrogens with one attached hydrogen (secondary N) is 1. The molecule has 1 N–H and O–H groups in total. The van der Waals surface area contributed by atoms with Crippen molar-refractivity contribution < 1.29 is 9.47 Å². The lowest BCUT2D eigenvalue weighted by atomic mass is 10.2. The maximum Gasteiger partial charge on any atom is 0.203 e. The number of rotatable bonds is 6. The molecule has 3 rings (SSSR count). The van der Waals surface area contributed by atoms with E-state index in [0.717, 1.165) is 38.7 Å². The van der Waals surface area contributed by atoms with Crippen LogP contribution >= 0.6 is 15.9 Å².